The Kier molecular flexibility index (Phi) is 4.08. The number of nitrogen functional groups attached to an aromatic ring is 1. The van der Waals surface area contributed by atoms with Crippen LogP contribution in [-0.4, -0.2) is 8.42 Å². The normalized spacial score (nSPS) is 11.3. The SMILES string of the molecule is Nc1c(F)cccc1S(=O)(=O)Nc1cccc(Cl)c1Cl. The molecule has 0 fully saturated rings. The molecule has 0 aliphatic heterocycles. The standard InChI is InChI=1S/C12H9Cl2FN2O2S/c13-7-3-1-5-9(11(7)14)17-20(18,19)10-6-2-4-8(15)12(10)16/h1-6,17H,16H2. The van der Waals surface area contributed by atoms with Gasteiger partial charge in [-0.1, -0.05) is 35.3 Å². The average molecular weight is 335 g/mol. The van der Waals surface area contributed by atoms with Crippen LogP contribution in [0.15, 0.2) is 41.3 Å². The Balaban J connectivity index is 2.47. The number of hydrogen-bond donors (Lipinski definition) is 2. The van der Waals surface area contributed by atoms with E-state index in [0.29, 0.717) is 0 Å². The zero-order chi connectivity index (χ0) is 14.9. The summed E-state index contributed by atoms with van der Waals surface area (Å²) in [6.07, 6.45) is 0. The maximum Gasteiger partial charge on any atom is 0.264 e. The van der Waals surface area contributed by atoms with Gasteiger partial charge in [0.1, 0.15) is 10.7 Å². The fourth-order valence-corrected chi connectivity index (χ4v) is 3.15. The fourth-order valence-electron chi connectivity index (χ4n) is 1.53. The van der Waals surface area contributed by atoms with Gasteiger partial charge in [0.05, 0.1) is 21.4 Å². The lowest BCUT2D eigenvalue weighted by Crippen LogP contribution is -2.15. The number of nitrogens with two attached hydrogens (primary N) is 1. The lowest BCUT2D eigenvalue weighted by atomic mass is 10.3. The van der Waals surface area contributed by atoms with Crippen molar-refractivity contribution in [2.45, 2.75) is 4.90 Å². The average Bonchev–Trinajstić information content (AvgIpc) is 2.38. The zero-order valence-corrected chi connectivity index (χ0v) is 12.2. The number of sulfonamides is 1. The highest BCUT2D eigenvalue weighted by molar-refractivity contribution is 7.92. The molecule has 3 N–H and O–H groups in total. The Bertz CT molecular complexity index is 766. The van der Waals surface area contributed by atoms with Crippen molar-refractivity contribution < 1.29 is 12.8 Å². The number of para-hydroxylation sites is 1. The fraction of sp³-hybridized carbons (Fsp3) is 0. The molecular weight excluding hydrogens is 326 g/mol. The minimum Gasteiger partial charge on any atom is -0.395 e. The molecule has 0 saturated heterocycles. The van der Waals surface area contributed by atoms with Gasteiger partial charge in [0, 0.05) is 0 Å². The Morgan fingerprint density at radius 1 is 1.10 bits per heavy atom. The number of halogens is 3. The summed E-state index contributed by atoms with van der Waals surface area (Å²) in [6.45, 7) is 0. The molecule has 106 valence electrons. The van der Waals surface area contributed by atoms with E-state index in [0.717, 1.165) is 6.07 Å². The van der Waals surface area contributed by atoms with Crippen molar-refractivity contribution in [1.82, 2.24) is 0 Å². The van der Waals surface area contributed by atoms with E-state index >= 15 is 0 Å². The maximum absolute atomic E-state index is 13.3. The minimum absolute atomic E-state index is 0.0488. The lowest BCUT2D eigenvalue weighted by Gasteiger charge is -2.12. The Morgan fingerprint density at radius 2 is 1.75 bits per heavy atom. The third-order valence-electron chi connectivity index (χ3n) is 2.50. The first-order chi connectivity index (χ1) is 9.33. The summed E-state index contributed by atoms with van der Waals surface area (Å²) in [7, 11) is -4.06. The highest BCUT2D eigenvalue weighted by Gasteiger charge is 2.21. The van der Waals surface area contributed by atoms with E-state index in [4.69, 9.17) is 28.9 Å². The van der Waals surface area contributed by atoms with Crippen LogP contribution in [0.2, 0.25) is 10.0 Å². The zero-order valence-electron chi connectivity index (χ0n) is 9.90. The summed E-state index contributed by atoms with van der Waals surface area (Å²) in [5, 5.41) is 0.242. The van der Waals surface area contributed by atoms with Gasteiger partial charge in [-0.15, -0.1) is 0 Å². The summed E-state index contributed by atoms with van der Waals surface area (Å²) in [5.74, 6) is -0.815. The topological polar surface area (TPSA) is 72.2 Å². The smallest absolute Gasteiger partial charge is 0.264 e. The Hall–Kier alpha value is -1.50. The highest BCUT2D eigenvalue weighted by atomic mass is 35.5. The molecule has 0 unspecified atom stereocenters. The number of rotatable bonds is 3. The van der Waals surface area contributed by atoms with Crippen molar-refractivity contribution in [2.24, 2.45) is 0 Å². The van der Waals surface area contributed by atoms with Crippen molar-refractivity contribution in [3.8, 4) is 0 Å². The van der Waals surface area contributed by atoms with Gasteiger partial charge in [-0.3, -0.25) is 4.72 Å². The van der Waals surface area contributed by atoms with Crippen LogP contribution >= 0.6 is 23.2 Å². The summed E-state index contributed by atoms with van der Waals surface area (Å²) in [5.41, 5.74) is 5.06. The van der Waals surface area contributed by atoms with E-state index in [-0.39, 0.29) is 20.6 Å². The van der Waals surface area contributed by atoms with Gasteiger partial charge in [0.15, 0.2) is 0 Å². The molecule has 0 saturated carbocycles. The molecule has 0 amide bonds. The van der Waals surface area contributed by atoms with Gasteiger partial charge >= 0.3 is 0 Å². The van der Waals surface area contributed by atoms with Gasteiger partial charge in [-0.2, -0.15) is 0 Å². The van der Waals surface area contributed by atoms with Crippen LogP contribution in [-0.2, 0) is 10.0 Å². The molecule has 20 heavy (non-hydrogen) atoms. The molecule has 0 aromatic heterocycles. The van der Waals surface area contributed by atoms with Crippen molar-refractivity contribution in [3.05, 3.63) is 52.3 Å². The molecule has 0 radical (unpaired) electrons. The second kappa shape index (κ2) is 5.47. The van der Waals surface area contributed by atoms with E-state index < -0.39 is 21.5 Å². The minimum atomic E-state index is -4.06. The van der Waals surface area contributed by atoms with Crippen LogP contribution in [0.1, 0.15) is 0 Å². The van der Waals surface area contributed by atoms with E-state index in [9.17, 15) is 12.8 Å². The number of nitrogens with one attached hydrogen (secondary N) is 1. The second-order valence-electron chi connectivity index (χ2n) is 3.86. The van der Waals surface area contributed by atoms with Crippen LogP contribution < -0.4 is 10.5 Å². The molecule has 2 aromatic carbocycles. The van der Waals surface area contributed by atoms with Crippen molar-refractivity contribution in [1.29, 1.82) is 0 Å². The van der Waals surface area contributed by atoms with Crippen LogP contribution in [0, 0.1) is 5.82 Å². The molecule has 2 rings (SSSR count). The summed E-state index contributed by atoms with van der Waals surface area (Å²) >= 11 is 11.7. The largest absolute Gasteiger partial charge is 0.395 e. The first kappa shape index (κ1) is 14.9. The third-order valence-corrected chi connectivity index (χ3v) is 4.74. The van der Waals surface area contributed by atoms with Gasteiger partial charge in [-0.05, 0) is 24.3 Å². The molecule has 0 atom stereocenters. The molecule has 0 heterocycles. The monoisotopic (exact) mass is 334 g/mol. The van der Waals surface area contributed by atoms with E-state index in [1.165, 1.54) is 30.3 Å². The quantitative estimate of drug-likeness (QED) is 0.843. The van der Waals surface area contributed by atoms with Crippen molar-refractivity contribution in [3.63, 3.8) is 0 Å². The summed E-state index contributed by atoms with van der Waals surface area (Å²) in [6, 6.07) is 7.99. The van der Waals surface area contributed by atoms with E-state index in [2.05, 4.69) is 4.72 Å². The molecule has 0 spiro atoms. The van der Waals surface area contributed by atoms with Crippen LogP contribution in [0.3, 0.4) is 0 Å². The predicted molar refractivity (Wildman–Crippen MR) is 78.1 cm³/mol. The number of anilines is 2. The Morgan fingerprint density at radius 3 is 2.45 bits per heavy atom. The molecule has 0 aliphatic rings. The van der Waals surface area contributed by atoms with Crippen LogP contribution in [0.4, 0.5) is 15.8 Å². The molecule has 0 bridgehead atoms. The molecule has 4 nitrogen and oxygen atoms in total. The van der Waals surface area contributed by atoms with E-state index in [1.54, 1.807) is 0 Å². The summed E-state index contributed by atoms with van der Waals surface area (Å²) < 4.78 is 39.9. The lowest BCUT2D eigenvalue weighted by molar-refractivity contribution is 0.597. The van der Waals surface area contributed by atoms with Crippen molar-refractivity contribution >= 4 is 44.6 Å². The van der Waals surface area contributed by atoms with E-state index in [1.807, 2.05) is 0 Å². The number of hydrogen-bond acceptors (Lipinski definition) is 3. The highest BCUT2D eigenvalue weighted by Crippen LogP contribution is 2.32. The molecular formula is C12H9Cl2FN2O2S. The van der Waals surface area contributed by atoms with Gasteiger partial charge in [0.2, 0.25) is 0 Å². The molecule has 2 aromatic rings. The van der Waals surface area contributed by atoms with Gasteiger partial charge in [-0.25, -0.2) is 12.8 Å². The Labute approximate surface area is 125 Å². The molecule has 8 heteroatoms. The maximum atomic E-state index is 13.3. The molecule has 0 aliphatic carbocycles. The summed E-state index contributed by atoms with van der Waals surface area (Å²) in [4.78, 5) is -0.367. The second-order valence-corrected chi connectivity index (χ2v) is 6.29. The van der Waals surface area contributed by atoms with Crippen LogP contribution in [0.5, 0.6) is 0 Å². The van der Waals surface area contributed by atoms with Gasteiger partial charge in [0.25, 0.3) is 10.0 Å². The van der Waals surface area contributed by atoms with Crippen molar-refractivity contribution in [2.75, 3.05) is 10.5 Å². The predicted octanol–water partition coefficient (Wildman–Crippen LogP) is 3.52. The number of benzene rings is 2. The van der Waals surface area contributed by atoms with Crippen LogP contribution in [0.25, 0.3) is 0 Å². The van der Waals surface area contributed by atoms with Gasteiger partial charge < -0.3 is 5.73 Å². The first-order valence-electron chi connectivity index (χ1n) is 5.34. The third kappa shape index (κ3) is 2.82. The first-order valence-corrected chi connectivity index (χ1v) is 7.57.